The number of hydrogen-bond acceptors (Lipinski definition) is 5. The normalized spacial score (nSPS) is 13.4. The van der Waals surface area contributed by atoms with Gasteiger partial charge in [0.05, 0.1) is 6.54 Å². The van der Waals surface area contributed by atoms with Gasteiger partial charge < -0.3 is 14.6 Å². The minimum absolute atomic E-state index is 0.368. The zero-order valence-electron chi connectivity index (χ0n) is 24.1. The third-order valence-electron chi connectivity index (χ3n) is 7.19. The number of likely N-dealkylation sites (tertiary alicyclic amines) is 1. The van der Waals surface area contributed by atoms with E-state index in [4.69, 9.17) is 14.6 Å². The summed E-state index contributed by atoms with van der Waals surface area (Å²) in [5.74, 6) is 6.86. The summed E-state index contributed by atoms with van der Waals surface area (Å²) in [4.78, 5) is 15.8. The van der Waals surface area contributed by atoms with Crippen molar-refractivity contribution in [3.63, 3.8) is 0 Å². The summed E-state index contributed by atoms with van der Waals surface area (Å²) in [5, 5.41) is 8.88. The summed E-state index contributed by atoms with van der Waals surface area (Å²) in [6, 6.07) is 26.8. The number of carboxylic acid groups (broad SMARTS) is 1. The molecule has 4 aromatic rings. The number of aliphatic carboxylic acids is 1. The van der Waals surface area contributed by atoms with Crippen molar-refractivity contribution in [2.75, 3.05) is 32.8 Å². The van der Waals surface area contributed by atoms with Gasteiger partial charge in [-0.1, -0.05) is 48.2 Å². The molecule has 0 saturated carbocycles. The highest BCUT2D eigenvalue weighted by atomic mass is 32.1. The van der Waals surface area contributed by atoms with Crippen LogP contribution in [-0.4, -0.2) is 48.8 Å². The Bertz CT molecular complexity index is 1600. The molecule has 214 valence electrons. The van der Waals surface area contributed by atoms with Crippen LogP contribution in [0.2, 0.25) is 0 Å². The van der Waals surface area contributed by atoms with Crippen molar-refractivity contribution in [1.29, 1.82) is 0 Å². The predicted molar refractivity (Wildman–Crippen MR) is 170 cm³/mol. The van der Waals surface area contributed by atoms with E-state index in [-0.39, 0.29) is 6.61 Å². The largest absolute Gasteiger partial charge is 0.489 e. The molecule has 1 fully saturated rings. The van der Waals surface area contributed by atoms with Gasteiger partial charge in [-0.05, 0) is 116 Å². The molecule has 1 aliphatic heterocycles. The fraction of sp³-hybridized carbons (Fsp3) is 0.250. The van der Waals surface area contributed by atoms with E-state index >= 15 is 0 Å². The first-order valence-electron chi connectivity index (χ1n) is 14.2. The van der Waals surface area contributed by atoms with Crippen molar-refractivity contribution in [3.8, 4) is 33.8 Å². The monoisotopic (exact) mass is 577 g/mol. The molecule has 1 aliphatic rings. The molecule has 1 saturated heterocycles. The van der Waals surface area contributed by atoms with Crippen molar-refractivity contribution in [2.45, 2.75) is 26.7 Å². The third kappa shape index (κ3) is 7.91. The smallest absolute Gasteiger partial charge is 0.341 e. The highest BCUT2D eigenvalue weighted by molar-refractivity contribution is 7.15. The second-order valence-corrected chi connectivity index (χ2v) is 11.7. The molecule has 0 unspecified atom stereocenters. The number of thiophene rings is 1. The van der Waals surface area contributed by atoms with Gasteiger partial charge in [0, 0.05) is 15.3 Å². The van der Waals surface area contributed by atoms with Crippen LogP contribution in [0.25, 0.3) is 16.0 Å². The summed E-state index contributed by atoms with van der Waals surface area (Å²) >= 11 is 1.80. The first-order chi connectivity index (χ1) is 20.4. The lowest BCUT2D eigenvalue weighted by Crippen LogP contribution is -2.18. The van der Waals surface area contributed by atoms with Crippen LogP contribution < -0.4 is 9.47 Å². The Labute approximate surface area is 252 Å². The minimum Gasteiger partial charge on any atom is -0.489 e. The molecule has 0 bridgehead atoms. The van der Waals surface area contributed by atoms with E-state index in [2.05, 4.69) is 90.4 Å². The van der Waals surface area contributed by atoms with Gasteiger partial charge in [0.25, 0.3) is 0 Å². The van der Waals surface area contributed by atoms with Gasteiger partial charge in [0.1, 0.15) is 18.1 Å². The number of nitrogens with zero attached hydrogens (tertiary/aromatic N) is 1. The van der Waals surface area contributed by atoms with E-state index in [0.29, 0.717) is 18.1 Å². The van der Waals surface area contributed by atoms with E-state index < -0.39 is 5.97 Å². The first-order valence-corrected chi connectivity index (χ1v) is 15.0. The van der Waals surface area contributed by atoms with Crippen LogP contribution in [0.1, 0.15) is 40.0 Å². The summed E-state index contributed by atoms with van der Waals surface area (Å²) in [6.07, 6.45) is 4.65. The van der Waals surface area contributed by atoms with Gasteiger partial charge in [0.15, 0.2) is 6.61 Å². The number of carboxylic acids is 1. The highest BCUT2D eigenvalue weighted by Gasteiger charge is 2.10. The molecule has 1 N–H and O–H groups in total. The Hall–Kier alpha value is -4.31. The van der Waals surface area contributed by atoms with Crippen LogP contribution in [0.3, 0.4) is 0 Å². The molecule has 5 nitrogen and oxygen atoms in total. The predicted octanol–water partition coefficient (Wildman–Crippen LogP) is 7.45. The van der Waals surface area contributed by atoms with Gasteiger partial charge in [-0.25, -0.2) is 4.79 Å². The van der Waals surface area contributed by atoms with E-state index in [1.54, 1.807) is 23.5 Å². The summed E-state index contributed by atoms with van der Waals surface area (Å²) in [6.45, 7) is 7.12. The fourth-order valence-corrected chi connectivity index (χ4v) is 5.84. The van der Waals surface area contributed by atoms with Crippen LogP contribution in [0.4, 0.5) is 0 Å². The number of aryl methyl sites for hydroxylation is 2. The molecule has 6 heteroatoms. The second-order valence-electron chi connectivity index (χ2n) is 10.4. The van der Waals surface area contributed by atoms with Crippen molar-refractivity contribution >= 4 is 22.9 Å². The van der Waals surface area contributed by atoms with E-state index in [1.807, 2.05) is 13.0 Å². The zero-order valence-corrected chi connectivity index (χ0v) is 24.9. The van der Waals surface area contributed by atoms with Crippen molar-refractivity contribution in [3.05, 3.63) is 112 Å². The van der Waals surface area contributed by atoms with E-state index in [0.717, 1.165) is 47.5 Å². The summed E-state index contributed by atoms with van der Waals surface area (Å²) in [7, 11) is 0. The van der Waals surface area contributed by atoms with Crippen LogP contribution in [0.15, 0.2) is 84.9 Å². The zero-order chi connectivity index (χ0) is 29.3. The molecule has 0 spiro atoms. The Kier molecular flexibility index (Phi) is 9.76. The third-order valence-corrected chi connectivity index (χ3v) is 8.24. The SMILES string of the molecule is Cc1ccc(-c2ccc(/C(=C/COc3ccc(OCC(=O)O)c(C)c3)c3ccc(C#CCN4CCCC4)cc3)cc2)s1. The standard InChI is InChI=1S/C36H35NO4S/c1-26-24-32(16-17-34(26)41-25-36(38)39)40-23-19-33(30-12-14-31(15-13-30)35-18-7-27(2)42-35)29-10-8-28(9-11-29)6-5-22-37-20-3-4-21-37/h7-19,24H,3-4,20-23,25H2,1-2H3,(H,38,39)/b33-19+. The second kappa shape index (κ2) is 14.0. The Morgan fingerprint density at radius 1 is 0.929 bits per heavy atom. The maximum Gasteiger partial charge on any atom is 0.341 e. The van der Waals surface area contributed by atoms with Crippen molar-refractivity contribution in [1.82, 2.24) is 4.90 Å². The maximum absolute atomic E-state index is 10.8. The average molecular weight is 578 g/mol. The molecule has 1 aromatic heterocycles. The molecule has 0 atom stereocenters. The fourth-order valence-electron chi connectivity index (χ4n) is 4.97. The molecule has 3 aromatic carbocycles. The Morgan fingerprint density at radius 2 is 1.64 bits per heavy atom. The number of benzene rings is 3. The molecule has 0 amide bonds. The molecule has 0 radical (unpaired) electrons. The lowest BCUT2D eigenvalue weighted by molar-refractivity contribution is -0.139. The molecule has 42 heavy (non-hydrogen) atoms. The molecule has 5 rings (SSSR count). The molecule has 2 heterocycles. The van der Waals surface area contributed by atoms with Crippen LogP contribution in [-0.2, 0) is 4.79 Å². The van der Waals surface area contributed by atoms with Crippen LogP contribution in [0, 0.1) is 25.7 Å². The number of hydrogen-bond donors (Lipinski definition) is 1. The summed E-state index contributed by atoms with van der Waals surface area (Å²) in [5.41, 5.74) is 6.32. The van der Waals surface area contributed by atoms with Gasteiger partial charge >= 0.3 is 5.97 Å². The van der Waals surface area contributed by atoms with Gasteiger partial charge in [-0.2, -0.15) is 0 Å². The molecule has 0 aliphatic carbocycles. The Balaban J connectivity index is 1.34. The lowest BCUT2D eigenvalue weighted by Gasteiger charge is -2.12. The highest BCUT2D eigenvalue weighted by Crippen LogP contribution is 2.31. The van der Waals surface area contributed by atoms with Crippen LogP contribution in [0.5, 0.6) is 11.5 Å². The first kappa shape index (κ1) is 29.2. The van der Waals surface area contributed by atoms with Gasteiger partial charge in [-0.3, -0.25) is 4.90 Å². The van der Waals surface area contributed by atoms with E-state index in [1.165, 1.54) is 28.2 Å². The van der Waals surface area contributed by atoms with Crippen LogP contribution >= 0.6 is 11.3 Å². The number of carbonyl (C=O) groups is 1. The van der Waals surface area contributed by atoms with Gasteiger partial charge in [-0.15, -0.1) is 11.3 Å². The topological polar surface area (TPSA) is 59.0 Å². The average Bonchev–Trinajstić information content (AvgIpc) is 3.67. The van der Waals surface area contributed by atoms with Crippen molar-refractivity contribution < 1.29 is 19.4 Å². The Morgan fingerprint density at radius 3 is 2.29 bits per heavy atom. The van der Waals surface area contributed by atoms with E-state index in [9.17, 15) is 4.79 Å². The minimum atomic E-state index is -1.01. The number of ether oxygens (including phenoxy) is 2. The summed E-state index contributed by atoms with van der Waals surface area (Å²) < 4.78 is 11.4. The lowest BCUT2D eigenvalue weighted by atomic mass is 9.95. The molecular weight excluding hydrogens is 542 g/mol. The van der Waals surface area contributed by atoms with Crippen molar-refractivity contribution in [2.24, 2.45) is 0 Å². The molecular formula is C36H35NO4S. The van der Waals surface area contributed by atoms with Gasteiger partial charge in [0.2, 0.25) is 0 Å². The quantitative estimate of drug-likeness (QED) is 0.198. The maximum atomic E-state index is 10.8. The number of rotatable bonds is 10.